The highest BCUT2D eigenvalue weighted by atomic mass is 35.5. The van der Waals surface area contributed by atoms with Crippen molar-refractivity contribution in [3.63, 3.8) is 0 Å². The summed E-state index contributed by atoms with van der Waals surface area (Å²) in [7, 11) is 0. The van der Waals surface area contributed by atoms with Crippen molar-refractivity contribution in [2.24, 2.45) is 0 Å². The molecule has 2 aromatic rings. The molecule has 116 valence electrons. The van der Waals surface area contributed by atoms with Gasteiger partial charge in [0, 0.05) is 25.1 Å². The first-order chi connectivity index (χ1) is 10.7. The quantitative estimate of drug-likeness (QED) is 0.794. The molecule has 2 aromatic heterocycles. The van der Waals surface area contributed by atoms with Crippen molar-refractivity contribution < 1.29 is 4.74 Å². The first kappa shape index (κ1) is 14.4. The third-order valence-corrected chi connectivity index (χ3v) is 5.04. The molecule has 2 atom stereocenters. The molecule has 0 N–H and O–H groups in total. The predicted octanol–water partition coefficient (Wildman–Crippen LogP) is 4.04. The van der Waals surface area contributed by atoms with Gasteiger partial charge in [0.05, 0.1) is 6.10 Å². The van der Waals surface area contributed by atoms with Crippen LogP contribution in [0.2, 0.25) is 5.15 Å². The Bertz CT molecular complexity index is 659. The van der Waals surface area contributed by atoms with Crippen molar-refractivity contribution >= 4 is 28.8 Å². The molecule has 1 saturated carbocycles. The maximum absolute atomic E-state index is 6.21. The van der Waals surface area contributed by atoms with E-state index in [0.717, 1.165) is 24.7 Å². The van der Waals surface area contributed by atoms with Gasteiger partial charge >= 0.3 is 0 Å². The lowest BCUT2D eigenvalue weighted by Crippen LogP contribution is -2.43. The summed E-state index contributed by atoms with van der Waals surface area (Å²) in [6.45, 7) is 3.74. The largest absolute Gasteiger partial charge is 0.367 e. The molecule has 1 aliphatic heterocycles. The van der Waals surface area contributed by atoms with E-state index >= 15 is 0 Å². The van der Waals surface area contributed by atoms with Crippen molar-refractivity contribution in [2.45, 2.75) is 37.9 Å². The highest BCUT2D eigenvalue weighted by molar-refractivity contribution is 7.07. The van der Waals surface area contributed by atoms with Crippen LogP contribution in [0, 0.1) is 0 Å². The molecule has 0 radical (unpaired) electrons. The average molecular weight is 336 g/mol. The van der Waals surface area contributed by atoms with Crippen molar-refractivity contribution in [3.05, 3.63) is 39.4 Å². The first-order valence-electron chi connectivity index (χ1n) is 7.66. The van der Waals surface area contributed by atoms with Gasteiger partial charge in [0.2, 0.25) is 0 Å². The van der Waals surface area contributed by atoms with Crippen LogP contribution in [0.1, 0.15) is 43.2 Å². The molecule has 2 fully saturated rings. The maximum atomic E-state index is 6.21. The zero-order chi connectivity index (χ0) is 15.1. The van der Waals surface area contributed by atoms with Crippen LogP contribution in [0.25, 0.3) is 0 Å². The fraction of sp³-hybridized carbons (Fsp3) is 0.500. The van der Waals surface area contributed by atoms with Gasteiger partial charge in [0.15, 0.2) is 0 Å². The van der Waals surface area contributed by atoms with Gasteiger partial charge in [-0.2, -0.15) is 11.3 Å². The van der Waals surface area contributed by atoms with Crippen molar-refractivity contribution in [1.29, 1.82) is 0 Å². The number of hydrogen-bond donors (Lipinski definition) is 0. The summed E-state index contributed by atoms with van der Waals surface area (Å²) in [5.74, 6) is 2.33. The SMILES string of the molecule is CC1CN(c2cc(Cl)nc(C3CC3)n2)CC(c2ccsc2)O1. The molecule has 3 heterocycles. The molecule has 4 rings (SSSR count). The molecule has 6 heteroatoms. The summed E-state index contributed by atoms with van der Waals surface area (Å²) in [5.41, 5.74) is 1.24. The van der Waals surface area contributed by atoms with Gasteiger partial charge in [-0.15, -0.1) is 0 Å². The van der Waals surface area contributed by atoms with E-state index in [2.05, 4.69) is 33.6 Å². The van der Waals surface area contributed by atoms with Crippen LogP contribution in [-0.4, -0.2) is 29.2 Å². The second-order valence-electron chi connectivity index (χ2n) is 6.08. The summed E-state index contributed by atoms with van der Waals surface area (Å²) in [6.07, 6.45) is 2.61. The second kappa shape index (κ2) is 5.80. The first-order valence-corrected chi connectivity index (χ1v) is 8.98. The Balaban J connectivity index is 1.61. The number of morpholine rings is 1. The third kappa shape index (κ3) is 2.98. The lowest BCUT2D eigenvalue weighted by molar-refractivity contribution is -0.0174. The van der Waals surface area contributed by atoms with Gasteiger partial charge < -0.3 is 9.64 Å². The summed E-state index contributed by atoms with van der Waals surface area (Å²) >= 11 is 7.91. The number of anilines is 1. The lowest BCUT2D eigenvalue weighted by Gasteiger charge is -2.37. The smallest absolute Gasteiger partial charge is 0.135 e. The molecule has 0 bridgehead atoms. The number of ether oxygens (including phenoxy) is 1. The minimum Gasteiger partial charge on any atom is -0.367 e. The Kier molecular flexibility index (Phi) is 3.80. The van der Waals surface area contributed by atoms with Crippen molar-refractivity contribution in [1.82, 2.24) is 9.97 Å². The monoisotopic (exact) mass is 335 g/mol. The maximum Gasteiger partial charge on any atom is 0.135 e. The fourth-order valence-electron chi connectivity index (χ4n) is 2.89. The Morgan fingerprint density at radius 1 is 1.32 bits per heavy atom. The second-order valence-corrected chi connectivity index (χ2v) is 7.25. The van der Waals surface area contributed by atoms with Crippen LogP contribution < -0.4 is 4.90 Å². The Labute approximate surface area is 139 Å². The molecule has 1 aliphatic carbocycles. The van der Waals surface area contributed by atoms with E-state index in [1.807, 2.05) is 6.07 Å². The summed E-state index contributed by atoms with van der Waals surface area (Å²) < 4.78 is 6.09. The number of thiophene rings is 1. The average Bonchev–Trinajstić information content (AvgIpc) is 3.21. The van der Waals surface area contributed by atoms with Gasteiger partial charge in [-0.05, 0) is 42.2 Å². The Morgan fingerprint density at radius 2 is 2.18 bits per heavy atom. The van der Waals surface area contributed by atoms with Gasteiger partial charge in [-0.1, -0.05) is 11.6 Å². The number of rotatable bonds is 3. The zero-order valence-corrected chi connectivity index (χ0v) is 14.0. The molecule has 22 heavy (non-hydrogen) atoms. The van der Waals surface area contributed by atoms with Crippen molar-refractivity contribution in [2.75, 3.05) is 18.0 Å². The minimum absolute atomic E-state index is 0.0908. The van der Waals surface area contributed by atoms with Crippen LogP contribution in [-0.2, 0) is 4.74 Å². The van der Waals surface area contributed by atoms with Crippen LogP contribution in [0.15, 0.2) is 22.9 Å². The molecule has 0 aromatic carbocycles. The zero-order valence-electron chi connectivity index (χ0n) is 12.4. The van der Waals surface area contributed by atoms with Gasteiger partial charge in [0.1, 0.15) is 22.9 Å². The van der Waals surface area contributed by atoms with Crippen LogP contribution >= 0.6 is 22.9 Å². The summed E-state index contributed by atoms with van der Waals surface area (Å²) in [6, 6.07) is 4.00. The normalized spacial score (nSPS) is 25.5. The molecule has 4 nitrogen and oxygen atoms in total. The standard InChI is InChI=1S/C16H18ClN3OS/c1-10-7-20(8-13(21-10)12-4-5-22-9-12)15-6-14(17)18-16(19-15)11-2-3-11/h4-6,9-11,13H,2-3,7-8H2,1H3. The molecule has 2 unspecified atom stereocenters. The number of nitrogens with zero attached hydrogens (tertiary/aromatic N) is 3. The van der Waals surface area contributed by atoms with E-state index in [1.165, 1.54) is 18.4 Å². The topological polar surface area (TPSA) is 38.2 Å². The summed E-state index contributed by atoms with van der Waals surface area (Å²) in [5, 5.41) is 4.79. The molecular weight excluding hydrogens is 318 g/mol. The van der Waals surface area contributed by atoms with Crippen LogP contribution in [0.4, 0.5) is 5.82 Å². The Hall–Kier alpha value is -1.17. The fourth-order valence-corrected chi connectivity index (χ4v) is 3.78. The molecule has 1 saturated heterocycles. The molecule has 2 aliphatic rings. The predicted molar refractivity (Wildman–Crippen MR) is 88.8 cm³/mol. The van der Waals surface area contributed by atoms with Gasteiger partial charge in [0.25, 0.3) is 0 Å². The molecular formula is C16H18ClN3OS. The van der Waals surface area contributed by atoms with Gasteiger partial charge in [-0.25, -0.2) is 9.97 Å². The molecule has 0 amide bonds. The highest BCUT2D eigenvalue weighted by Crippen LogP contribution is 2.39. The number of aromatic nitrogens is 2. The minimum atomic E-state index is 0.0908. The number of halogens is 1. The van der Waals surface area contributed by atoms with E-state index in [4.69, 9.17) is 21.3 Å². The Morgan fingerprint density at radius 3 is 2.91 bits per heavy atom. The lowest BCUT2D eigenvalue weighted by atomic mass is 10.1. The van der Waals surface area contributed by atoms with E-state index in [1.54, 1.807) is 11.3 Å². The van der Waals surface area contributed by atoms with E-state index in [9.17, 15) is 0 Å². The van der Waals surface area contributed by atoms with Crippen LogP contribution in [0.3, 0.4) is 0 Å². The van der Waals surface area contributed by atoms with Gasteiger partial charge in [-0.3, -0.25) is 0 Å². The highest BCUT2D eigenvalue weighted by Gasteiger charge is 2.31. The molecule has 0 spiro atoms. The van der Waals surface area contributed by atoms with E-state index < -0.39 is 0 Å². The van der Waals surface area contributed by atoms with Crippen molar-refractivity contribution in [3.8, 4) is 0 Å². The van der Waals surface area contributed by atoms with E-state index in [0.29, 0.717) is 11.1 Å². The number of hydrogen-bond acceptors (Lipinski definition) is 5. The third-order valence-electron chi connectivity index (χ3n) is 4.14. The van der Waals surface area contributed by atoms with E-state index in [-0.39, 0.29) is 12.2 Å². The van der Waals surface area contributed by atoms with Crippen LogP contribution in [0.5, 0.6) is 0 Å². The summed E-state index contributed by atoms with van der Waals surface area (Å²) in [4.78, 5) is 11.4.